The Kier molecular flexibility index (Phi) is 4.21. The lowest BCUT2D eigenvalue weighted by Crippen LogP contribution is -2.50. The molecule has 0 atom stereocenters. The molecule has 0 aliphatic carbocycles. The van der Waals surface area contributed by atoms with Gasteiger partial charge in [0.1, 0.15) is 11.3 Å². The van der Waals surface area contributed by atoms with Crippen molar-refractivity contribution in [2.75, 3.05) is 29.9 Å². The third-order valence-corrected chi connectivity index (χ3v) is 4.81. The third kappa shape index (κ3) is 3.32. The molecular formula is C20H18N8. The summed E-state index contributed by atoms with van der Waals surface area (Å²) in [5.74, 6) is 2.28. The molecule has 5 heterocycles. The fraction of sp³-hybridized carbons (Fsp3) is 0.200. The fourth-order valence-electron chi connectivity index (χ4n) is 3.26. The first kappa shape index (κ1) is 16.5. The molecule has 0 unspecified atom stereocenters. The van der Waals surface area contributed by atoms with E-state index in [1.165, 1.54) is 0 Å². The van der Waals surface area contributed by atoms with E-state index in [9.17, 15) is 0 Å². The first-order valence-electron chi connectivity index (χ1n) is 9.16. The van der Waals surface area contributed by atoms with Gasteiger partial charge in [-0.1, -0.05) is 0 Å². The van der Waals surface area contributed by atoms with E-state index in [-0.39, 0.29) is 0 Å². The van der Waals surface area contributed by atoms with Crippen molar-refractivity contribution >= 4 is 22.8 Å². The first-order valence-corrected chi connectivity index (χ1v) is 9.16. The Morgan fingerprint density at radius 2 is 1.75 bits per heavy atom. The molecule has 8 heteroatoms. The quantitative estimate of drug-likeness (QED) is 0.573. The Labute approximate surface area is 161 Å². The van der Waals surface area contributed by atoms with E-state index < -0.39 is 0 Å². The molecule has 4 aromatic rings. The van der Waals surface area contributed by atoms with Gasteiger partial charge < -0.3 is 10.2 Å². The molecule has 138 valence electrons. The molecule has 1 aliphatic rings. The zero-order valence-corrected chi connectivity index (χ0v) is 15.1. The summed E-state index contributed by atoms with van der Waals surface area (Å²) >= 11 is 0. The summed E-state index contributed by atoms with van der Waals surface area (Å²) in [6.45, 7) is 2.76. The van der Waals surface area contributed by atoms with Crippen LogP contribution in [0.2, 0.25) is 0 Å². The van der Waals surface area contributed by atoms with E-state index in [1.54, 1.807) is 24.8 Å². The summed E-state index contributed by atoms with van der Waals surface area (Å²) in [5.41, 5.74) is 3.34. The van der Waals surface area contributed by atoms with Gasteiger partial charge in [0.05, 0.1) is 5.69 Å². The van der Waals surface area contributed by atoms with Crippen LogP contribution in [0.1, 0.15) is 0 Å². The van der Waals surface area contributed by atoms with Gasteiger partial charge in [-0.25, -0.2) is 9.97 Å². The molecule has 0 spiro atoms. The van der Waals surface area contributed by atoms with Gasteiger partial charge in [0.2, 0.25) is 0 Å². The van der Waals surface area contributed by atoms with Gasteiger partial charge >= 0.3 is 0 Å². The minimum atomic E-state index is 0.543. The Morgan fingerprint density at radius 1 is 0.893 bits per heavy atom. The maximum Gasteiger partial charge on any atom is 0.180 e. The lowest BCUT2D eigenvalue weighted by Gasteiger charge is -2.40. The largest absolute Gasteiger partial charge is 0.370 e. The van der Waals surface area contributed by atoms with Crippen LogP contribution in [0.3, 0.4) is 0 Å². The SMILES string of the molecule is c1cc(-c2ccc(N3CC(CNc4ccc5nccnc5n4)C3)nn2)ccn1. The lowest BCUT2D eigenvalue weighted by molar-refractivity contribution is 0.425. The average molecular weight is 370 g/mol. The van der Waals surface area contributed by atoms with Gasteiger partial charge in [0.15, 0.2) is 11.5 Å². The van der Waals surface area contributed by atoms with Crippen LogP contribution >= 0.6 is 0 Å². The Bertz CT molecular complexity index is 1080. The van der Waals surface area contributed by atoms with Gasteiger partial charge in [0.25, 0.3) is 0 Å². The van der Waals surface area contributed by atoms with Gasteiger partial charge in [-0.05, 0) is 36.4 Å². The van der Waals surface area contributed by atoms with Crippen LogP contribution in [-0.2, 0) is 0 Å². The van der Waals surface area contributed by atoms with Gasteiger partial charge in [-0.15, -0.1) is 10.2 Å². The molecule has 0 saturated carbocycles. The fourth-order valence-corrected chi connectivity index (χ4v) is 3.26. The average Bonchev–Trinajstić information content (AvgIpc) is 2.73. The summed E-state index contributed by atoms with van der Waals surface area (Å²) in [5, 5.41) is 12.1. The smallest absolute Gasteiger partial charge is 0.180 e. The van der Waals surface area contributed by atoms with Gasteiger partial charge in [-0.2, -0.15) is 0 Å². The van der Waals surface area contributed by atoms with Gasteiger partial charge in [0, 0.05) is 55.9 Å². The maximum atomic E-state index is 4.50. The molecule has 5 rings (SSSR count). The molecule has 1 aliphatic heterocycles. The topological polar surface area (TPSA) is 92.6 Å². The molecule has 1 N–H and O–H groups in total. The summed E-state index contributed by atoms with van der Waals surface area (Å²) in [6.07, 6.45) is 6.85. The van der Waals surface area contributed by atoms with E-state index in [4.69, 9.17) is 0 Å². The third-order valence-electron chi connectivity index (χ3n) is 4.81. The predicted molar refractivity (Wildman–Crippen MR) is 107 cm³/mol. The van der Waals surface area contributed by atoms with Crippen molar-refractivity contribution in [2.45, 2.75) is 0 Å². The van der Waals surface area contributed by atoms with Crippen molar-refractivity contribution in [3.63, 3.8) is 0 Å². The molecular weight excluding hydrogens is 352 g/mol. The van der Waals surface area contributed by atoms with Crippen LogP contribution < -0.4 is 10.2 Å². The second-order valence-electron chi connectivity index (χ2n) is 6.76. The number of fused-ring (bicyclic) bond motifs is 1. The minimum Gasteiger partial charge on any atom is -0.370 e. The molecule has 1 saturated heterocycles. The zero-order chi connectivity index (χ0) is 18.8. The van der Waals surface area contributed by atoms with E-state index in [1.807, 2.05) is 36.4 Å². The lowest BCUT2D eigenvalue weighted by atomic mass is 10.0. The van der Waals surface area contributed by atoms with Crippen molar-refractivity contribution < 1.29 is 0 Å². The number of rotatable bonds is 5. The number of nitrogens with zero attached hydrogens (tertiary/aromatic N) is 7. The van der Waals surface area contributed by atoms with Crippen LogP contribution in [0.5, 0.6) is 0 Å². The van der Waals surface area contributed by atoms with Crippen molar-refractivity contribution in [3.8, 4) is 11.3 Å². The number of anilines is 2. The van der Waals surface area contributed by atoms with Gasteiger partial charge in [-0.3, -0.25) is 9.97 Å². The molecule has 0 amide bonds. The van der Waals surface area contributed by atoms with Crippen LogP contribution in [0.15, 0.2) is 61.2 Å². The van der Waals surface area contributed by atoms with E-state index in [0.717, 1.165) is 48.0 Å². The molecule has 0 bridgehead atoms. The first-order chi connectivity index (χ1) is 13.8. The number of pyridine rings is 2. The number of aromatic nitrogens is 6. The highest BCUT2D eigenvalue weighted by Crippen LogP contribution is 2.24. The van der Waals surface area contributed by atoms with Crippen LogP contribution in [0, 0.1) is 5.92 Å². The highest BCUT2D eigenvalue weighted by molar-refractivity contribution is 5.71. The summed E-state index contributed by atoms with van der Waals surface area (Å²) < 4.78 is 0. The van der Waals surface area contributed by atoms with Crippen LogP contribution in [0.4, 0.5) is 11.6 Å². The highest BCUT2D eigenvalue weighted by Gasteiger charge is 2.27. The number of hydrogen-bond acceptors (Lipinski definition) is 8. The minimum absolute atomic E-state index is 0.543. The number of nitrogens with one attached hydrogen (secondary N) is 1. The molecule has 8 nitrogen and oxygen atoms in total. The molecule has 0 radical (unpaired) electrons. The summed E-state index contributed by atoms with van der Waals surface area (Å²) in [6, 6.07) is 11.8. The monoisotopic (exact) mass is 370 g/mol. The van der Waals surface area contributed by atoms with Crippen molar-refractivity contribution in [3.05, 3.63) is 61.2 Å². The maximum absolute atomic E-state index is 4.50. The Morgan fingerprint density at radius 3 is 2.57 bits per heavy atom. The second kappa shape index (κ2) is 7.15. The van der Waals surface area contributed by atoms with Crippen LogP contribution in [-0.4, -0.2) is 49.8 Å². The molecule has 4 aromatic heterocycles. The Hall–Kier alpha value is -3.68. The van der Waals surface area contributed by atoms with E-state index in [0.29, 0.717) is 11.6 Å². The second-order valence-corrected chi connectivity index (χ2v) is 6.76. The summed E-state index contributed by atoms with van der Waals surface area (Å²) in [4.78, 5) is 19.2. The van der Waals surface area contributed by atoms with E-state index in [2.05, 4.69) is 40.3 Å². The Balaban J connectivity index is 1.16. The van der Waals surface area contributed by atoms with Crippen molar-refractivity contribution in [1.82, 2.24) is 30.1 Å². The van der Waals surface area contributed by atoms with Crippen LogP contribution in [0.25, 0.3) is 22.4 Å². The predicted octanol–water partition coefficient (Wildman–Crippen LogP) is 2.43. The van der Waals surface area contributed by atoms with Crippen molar-refractivity contribution in [2.24, 2.45) is 5.92 Å². The summed E-state index contributed by atoms with van der Waals surface area (Å²) in [7, 11) is 0. The number of hydrogen-bond donors (Lipinski definition) is 1. The zero-order valence-electron chi connectivity index (χ0n) is 15.1. The molecule has 0 aromatic carbocycles. The molecule has 28 heavy (non-hydrogen) atoms. The standard InChI is InChI=1S/C20H18N8/c1-3-18(25-20-17(1)22-9-10-23-20)24-11-14-12-28(13-14)19-4-2-16(26-27-19)15-5-7-21-8-6-15/h1-10,14H,11-13H2,(H,23,24,25). The normalized spacial score (nSPS) is 14.1. The van der Waals surface area contributed by atoms with Crippen molar-refractivity contribution in [1.29, 1.82) is 0 Å². The molecule has 1 fully saturated rings. The highest BCUT2D eigenvalue weighted by atomic mass is 15.3. The van der Waals surface area contributed by atoms with E-state index >= 15 is 0 Å².